The van der Waals surface area contributed by atoms with Crippen LogP contribution in [0.5, 0.6) is 0 Å². The van der Waals surface area contributed by atoms with Crippen molar-refractivity contribution in [3.05, 3.63) is 45.8 Å². The fraction of sp³-hybridized carbons (Fsp3) is 0.364. The summed E-state index contributed by atoms with van der Waals surface area (Å²) in [4.78, 5) is 1.74. The highest BCUT2D eigenvalue weighted by atomic mass is 127. The zero-order chi connectivity index (χ0) is 25.0. The number of nitrogen functional groups attached to an aromatic ring is 1. The van der Waals surface area contributed by atoms with Gasteiger partial charge >= 0.3 is 6.01 Å². The van der Waals surface area contributed by atoms with Gasteiger partial charge in [-0.2, -0.15) is 0 Å². The van der Waals surface area contributed by atoms with E-state index in [1.54, 1.807) is 0 Å². The van der Waals surface area contributed by atoms with Gasteiger partial charge in [-0.05, 0) is 72.0 Å². The summed E-state index contributed by atoms with van der Waals surface area (Å²) in [5, 5.41) is 10.6. The number of anilines is 3. The molecule has 0 spiro atoms. The number of benzene rings is 2. The van der Waals surface area contributed by atoms with Crippen LogP contribution in [-0.2, 0) is 14.8 Å². The molecule has 3 N–H and O–H groups in total. The number of ether oxygens (including phenoxy) is 1. The molecule has 1 fully saturated rings. The molecule has 2 heterocycles. The third kappa shape index (κ3) is 6.27. The molecule has 0 atom stereocenters. The van der Waals surface area contributed by atoms with Crippen LogP contribution in [0.15, 0.2) is 45.7 Å². The average molecular weight is 616 g/mol. The summed E-state index contributed by atoms with van der Waals surface area (Å²) in [5.74, 6) is -0.920. The third-order valence-electron chi connectivity index (χ3n) is 5.61. The summed E-state index contributed by atoms with van der Waals surface area (Å²) in [6.45, 7) is 3.95. The van der Waals surface area contributed by atoms with Gasteiger partial charge in [0.25, 0.3) is 5.89 Å². The number of sulfonamides is 1. The van der Waals surface area contributed by atoms with E-state index in [0.29, 0.717) is 25.3 Å². The first-order valence-electron chi connectivity index (χ1n) is 11.0. The number of aromatic nitrogens is 2. The lowest BCUT2D eigenvalue weighted by atomic mass is 10.1. The molecule has 2 aromatic carbocycles. The van der Waals surface area contributed by atoms with Crippen LogP contribution in [0, 0.1) is 9.39 Å². The maximum Gasteiger partial charge on any atom is 0.313 e. The van der Waals surface area contributed by atoms with Gasteiger partial charge in [-0.15, -0.1) is 5.10 Å². The third-order valence-corrected chi connectivity index (χ3v) is 8.20. The normalized spacial score (nSPS) is 15.0. The maximum atomic E-state index is 15.2. The van der Waals surface area contributed by atoms with E-state index < -0.39 is 20.7 Å². The van der Waals surface area contributed by atoms with Crippen LogP contribution in [-0.4, -0.2) is 74.3 Å². The second-order valence-electron chi connectivity index (χ2n) is 8.04. The lowest BCUT2D eigenvalue weighted by molar-refractivity contribution is 0.0370. The molecule has 0 bridgehead atoms. The van der Waals surface area contributed by atoms with E-state index in [9.17, 15) is 8.42 Å². The monoisotopic (exact) mass is 616 g/mol. The molecule has 3 aromatic rings. The molecule has 0 radical (unpaired) electrons. The topological polar surface area (TPSA) is 127 Å². The van der Waals surface area contributed by atoms with Crippen molar-refractivity contribution < 1.29 is 22.0 Å². The second kappa shape index (κ2) is 11.2. The van der Waals surface area contributed by atoms with E-state index in [2.05, 4.69) is 43.0 Å². The minimum Gasteiger partial charge on any atom is -0.403 e. The molecule has 1 aromatic heterocycles. The molecule has 0 aliphatic carbocycles. The van der Waals surface area contributed by atoms with Crippen LogP contribution in [0.3, 0.4) is 0 Å². The largest absolute Gasteiger partial charge is 0.403 e. The number of nitrogens with two attached hydrogens (primary N) is 1. The zero-order valence-electron chi connectivity index (χ0n) is 19.1. The van der Waals surface area contributed by atoms with E-state index in [1.165, 1.54) is 13.1 Å². The molecule has 0 unspecified atom stereocenters. The molecule has 0 saturated carbocycles. The number of nitrogens with one attached hydrogen (secondary N) is 1. The van der Waals surface area contributed by atoms with Gasteiger partial charge in [-0.1, -0.05) is 5.10 Å². The highest BCUT2D eigenvalue weighted by Crippen LogP contribution is 2.35. The number of rotatable bonds is 9. The van der Waals surface area contributed by atoms with E-state index in [0.717, 1.165) is 33.6 Å². The van der Waals surface area contributed by atoms with Gasteiger partial charge in [0.2, 0.25) is 10.0 Å². The predicted octanol–water partition coefficient (Wildman–Crippen LogP) is 3.15. The predicted molar refractivity (Wildman–Crippen MR) is 138 cm³/mol. The summed E-state index contributed by atoms with van der Waals surface area (Å²) in [7, 11) is -2.69. The molecule has 4 rings (SSSR count). The Hall–Kier alpha value is -2.33. The number of halogens is 2. The van der Waals surface area contributed by atoms with Gasteiger partial charge in [-0.25, -0.2) is 17.1 Å². The standard InChI is InChI=1S/C22H26FIN6O4S/c1-29(7-2-8-30-9-11-33-12-10-30)35(31,32)20-13-17(21-27-28-22(25)34-21)19(14-18(20)23)26-16-5-3-15(24)4-6-16/h3-6,13-14,26H,2,7-12H2,1H3,(H2,25,28). The Bertz CT molecular complexity index is 1270. The maximum absolute atomic E-state index is 15.2. The van der Waals surface area contributed by atoms with Crippen molar-refractivity contribution in [2.45, 2.75) is 11.3 Å². The molecule has 35 heavy (non-hydrogen) atoms. The smallest absolute Gasteiger partial charge is 0.313 e. The fourth-order valence-electron chi connectivity index (χ4n) is 3.69. The Morgan fingerprint density at radius 1 is 1.20 bits per heavy atom. The van der Waals surface area contributed by atoms with E-state index in [4.69, 9.17) is 14.9 Å². The van der Waals surface area contributed by atoms with Crippen molar-refractivity contribution in [1.29, 1.82) is 0 Å². The van der Waals surface area contributed by atoms with Crippen molar-refractivity contribution >= 4 is 50.0 Å². The van der Waals surface area contributed by atoms with Crippen LogP contribution in [0.4, 0.5) is 21.8 Å². The van der Waals surface area contributed by atoms with Gasteiger partial charge in [0, 0.05) is 35.9 Å². The van der Waals surface area contributed by atoms with Crippen molar-refractivity contribution in [3.63, 3.8) is 0 Å². The van der Waals surface area contributed by atoms with Crippen LogP contribution in [0.2, 0.25) is 0 Å². The average Bonchev–Trinajstić information content (AvgIpc) is 3.27. The first kappa shape index (κ1) is 25.8. The lowest BCUT2D eigenvalue weighted by Gasteiger charge is -2.27. The summed E-state index contributed by atoms with van der Waals surface area (Å²) in [6, 6.07) is 9.53. The van der Waals surface area contributed by atoms with Crippen molar-refractivity contribution in [2.24, 2.45) is 0 Å². The van der Waals surface area contributed by atoms with Gasteiger partial charge in [-0.3, -0.25) is 4.90 Å². The quantitative estimate of drug-likeness (QED) is 0.349. The summed E-state index contributed by atoms with van der Waals surface area (Å²) in [6.07, 6.45) is 0.608. The second-order valence-corrected chi connectivity index (χ2v) is 11.3. The molecule has 10 nitrogen and oxygen atoms in total. The van der Waals surface area contributed by atoms with Crippen LogP contribution >= 0.6 is 22.6 Å². The fourth-order valence-corrected chi connectivity index (χ4v) is 5.33. The Kier molecular flexibility index (Phi) is 8.21. The minimum atomic E-state index is -4.13. The van der Waals surface area contributed by atoms with Gasteiger partial charge < -0.3 is 20.2 Å². The molecule has 13 heteroatoms. The summed E-state index contributed by atoms with van der Waals surface area (Å²) < 4.78 is 54.6. The molecule has 188 valence electrons. The van der Waals surface area contributed by atoms with Gasteiger partial charge in [0.15, 0.2) is 0 Å². The van der Waals surface area contributed by atoms with Crippen LogP contribution in [0.1, 0.15) is 6.42 Å². The molecule has 1 aliphatic rings. The molecule has 1 aliphatic heterocycles. The van der Waals surface area contributed by atoms with E-state index in [-0.39, 0.29) is 29.7 Å². The Morgan fingerprint density at radius 3 is 2.57 bits per heavy atom. The Morgan fingerprint density at radius 2 is 1.91 bits per heavy atom. The van der Waals surface area contributed by atoms with E-state index in [1.807, 2.05) is 24.3 Å². The first-order valence-corrected chi connectivity index (χ1v) is 13.5. The van der Waals surface area contributed by atoms with Crippen molar-refractivity contribution in [2.75, 3.05) is 57.5 Å². The zero-order valence-corrected chi connectivity index (χ0v) is 22.1. The van der Waals surface area contributed by atoms with Crippen LogP contribution < -0.4 is 11.1 Å². The summed E-state index contributed by atoms with van der Waals surface area (Å²) in [5.41, 5.74) is 6.74. The first-order chi connectivity index (χ1) is 16.7. The SMILES string of the molecule is CN(CCCN1CCOCC1)S(=O)(=O)c1cc(-c2nnc(N)o2)c(Nc2ccc(I)cc2)cc1F. The minimum absolute atomic E-state index is 0.0260. The highest BCUT2D eigenvalue weighted by molar-refractivity contribution is 14.1. The molecular weight excluding hydrogens is 590 g/mol. The number of morpholine rings is 1. The van der Waals surface area contributed by atoms with E-state index >= 15 is 4.39 Å². The van der Waals surface area contributed by atoms with Gasteiger partial charge in [0.1, 0.15) is 10.7 Å². The summed E-state index contributed by atoms with van der Waals surface area (Å²) >= 11 is 2.18. The van der Waals surface area contributed by atoms with Gasteiger partial charge in [0.05, 0.1) is 24.5 Å². The van der Waals surface area contributed by atoms with Crippen LogP contribution in [0.25, 0.3) is 11.5 Å². The molecule has 0 amide bonds. The number of nitrogens with zero attached hydrogens (tertiary/aromatic N) is 4. The highest BCUT2D eigenvalue weighted by Gasteiger charge is 2.28. The lowest BCUT2D eigenvalue weighted by Crippen LogP contribution is -2.38. The number of hydrogen-bond donors (Lipinski definition) is 2. The van der Waals surface area contributed by atoms with Crippen molar-refractivity contribution in [3.8, 4) is 11.5 Å². The van der Waals surface area contributed by atoms with Crippen molar-refractivity contribution in [1.82, 2.24) is 19.4 Å². The Balaban J connectivity index is 1.60. The molecular formula is C22H26FIN6O4S. The Labute approximate surface area is 216 Å². The number of hydrogen-bond acceptors (Lipinski definition) is 9. The molecule has 1 saturated heterocycles.